The molecule has 0 aliphatic heterocycles. The van der Waals surface area contributed by atoms with Crippen LogP contribution in [0, 0.1) is 17.8 Å². The van der Waals surface area contributed by atoms with Crippen LogP contribution in [0.15, 0.2) is 72.7 Å². The summed E-state index contributed by atoms with van der Waals surface area (Å²) in [4.78, 5) is 0. The lowest BCUT2D eigenvalue weighted by molar-refractivity contribution is 0.454. The van der Waals surface area contributed by atoms with Crippen molar-refractivity contribution in [2.24, 2.45) is 17.8 Å². The molecule has 0 saturated heterocycles. The van der Waals surface area contributed by atoms with Crippen LogP contribution in [0.5, 0.6) is 0 Å². The maximum atomic E-state index is 14.6. The minimum Gasteiger partial charge on any atom is -0.317 e. The SMILES string of the molecule is C=C(/C=C\C(=C)C(C)CCC(C)CC)C(=C)/C(F)=C\C(=C)C(C)CCC(C)NC.CCC. The molecule has 0 amide bonds. The van der Waals surface area contributed by atoms with Crippen molar-refractivity contribution >= 4 is 0 Å². The molecule has 0 aliphatic carbocycles. The average molecular weight is 446 g/mol. The lowest BCUT2D eigenvalue weighted by Gasteiger charge is -2.16. The first kappa shape index (κ1) is 32.5. The largest absolute Gasteiger partial charge is 0.317 e. The molecule has 32 heavy (non-hydrogen) atoms. The molecule has 0 bridgehead atoms. The van der Waals surface area contributed by atoms with Crippen molar-refractivity contribution in [1.29, 1.82) is 0 Å². The summed E-state index contributed by atoms with van der Waals surface area (Å²) >= 11 is 0. The van der Waals surface area contributed by atoms with Crippen LogP contribution >= 0.6 is 0 Å². The van der Waals surface area contributed by atoms with Gasteiger partial charge in [-0.3, -0.25) is 0 Å². The number of rotatable bonds is 15. The van der Waals surface area contributed by atoms with Gasteiger partial charge in [0, 0.05) is 11.6 Å². The number of allylic oxidation sites excluding steroid dienone is 8. The van der Waals surface area contributed by atoms with Crippen molar-refractivity contribution in [3.8, 4) is 0 Å². The maximum Gasteiger partial charge on any atom is 0.130 e. The molecular weight excluding hydrogens is 393 g/mol. The van der Waals surface area contributed by atoms with Gasteiger partial charge in [-0.25, -0.2) is 4.39 Å². The van der Waals surface area contributed by atoms with Gasteiger partial charge in [-0.1, -0.05) is 105 Å². The van der Waals surface area contributed by atoms with Crippen LogP contribution in [0.1, 0.15) is 87.0 Å². The van der Waals surface area contributed by atoms with E-state index in [4.69, 9.17) is 0 Å². The summed E-state index contributed by atoms with van der Waals surface area (Å²) in [6.07, 6.45) is 12.0. The molecule has 184 valence electrons. The maximum absolute atomic E-state index is 14.6. The molecule has 0 aromatic rings. The molecule has 0 fully saturated rings. The number of nitrogens with one attached hydrogen (secondary N) is 1. The zero-order chi connectivity index (χ0) is 25.3. The minimum absolute atomic E-state index is 0.222. The van der Waals surface area contributed by atoms with Gasteiger partial charge in [-0.2, -0.15) is 0 Å². The molecule has 1 nitrogen and oxygen atoms in total. The molecule has 0 saturated carbocycles. The topological polar surface area (TPSA) is 12.0 Å². The van der Waals surface area contributed by atoms with Gasteiger partial charge in [-0.15, -0.1) is 0 Å². The Morgan fingerprint density at radius 3 is 1.81 bits per heavy atom. The normalized spacial score (nSPS) is 15.3. The third-order valence-corrected chi connectivity index (χ3v) is 6.07. The van der Waals surface area contributed by atoms with Crippen molar-refractivity contribution in [2.45, 2.75) is 93.0 Å². The van der Waals surface area contributed by atoms with E-state index < -0.39 is 0 Å². The molecule has 0 radical (unpaired) electrons. The summed E-state index contributed by atoms with van der Waals surface area (Å²) in [7, 11) is 1.95. The Bertz CT molecular complexity index is 637. The van der Waals surface area contributed by atoms with Gasteiger partial charge in [0.1, 0.15) is 5.83 Å². The first-order valence-electron chi connectivity index (χ1n) is 12.4. The Hall–Kier alpha value is -1.67. The van der Waals surface area contributed by atoms with Crippen LogP contribution in [0.3, 0.4) is 0 Å². The second kappa shape index (κ2) is 18.9. The predicted octanol–water partition coefficient (Wildman–Crippen LogP) is 9.52. The third kappa shape index (κ3) is 15.2. The van der Waals surface area contributed by atoms with E-state index in [0.717, 1.165) is 36.3 Å². The van der Waals surface area contributed by atoms with E-state index in [1.807, 2.05) is 19.2 Å². The molecule has 0 aliphatic rings. The summed E-state index contributed by atoms with van der Waals surface area (Å²) in [5, 5.41) is 3.22. The first-order chi connectivity index (χ1) is 14.9. The van der Waals surface area contributed by atoms with Crippen LogP contribution in [0.2, 0.25) is 0 Å². The molecule has 0 heterocycles. The van der Waals surface area contributed by atoms with E-state index >= 15 is 0 Å². The van der Waals surface area contributed by atoms with Crippen molar-refractivity contribution in [3.63, 3.8) is 0 Å². The number of hydrogen-bond donors (Lipinski definition) is 1. The fraction of sp³-hybridized carbons (Fsp3) is 0.600. The van der Waals surface area contributed by atoms with E-state index in [9.17, 15) is 4.39 Å². The second-order valence-electron chi connectivity index (χ2n) is 9.35. The molecule has 4 unspecified atom stereocenters. The molecule has 2 heteroatoms. The van der Waals surface area contributed by atoms with E-state index in [1.54, 1.807) is 0 Å². The zero-order valence-corrected chi connectivity index (χ0v) is 22.5. The highest BCUT2D eigenvalue weighted by atomic mass is 19.1. The quantitative estimate of drug-likeness (QED) is 0.247. The van der Waals surface area contributed by atoms with Gasteiger partial charge in [0.15, 0.2) is 0 Å². The molecule has 0 rings (SSSR count). The smallest absolute Gasteiger partial charge is 0.130 e. The van der Waals surface area contributed by atoms with Crippen molar-refractivity contribution < 1.29 is 4.39 Å². The lowest BCUT2D eigenvalue weighted by atomic mass is 9.91. The van der Waals surface area contributed by atoms with Gasteiger partial charge in [0.25, 0.3) is 0 Å². The Balaban J connectivity index is 0. The fourth-order valence-corrected chi connectivity index (χ4v) is 2.77. The van der Waals surface area contributed by atoms with E-state index in [0.29, 0.717) is 23.1 Å². The highest BCUT2D eigenvalue weighted by Crippen LogP contribution is 2.26. The fourth-order valence-electron chi connectivity index (χ4n) is 2.77. The Kier molecular flexibility index (Phi) is 19.2. The van der Waals surface area contributed by atoms with Crippen LogP contribution in [0.25, 0.3) is 0 Å². The molecule has 0 aromatic heterocycles. The first-order valence-corrected chi connectivity index (χ1v) is 12.4. The average Bonchev–Trinajstić information content (AvgIpc) is 2.77. The number of halogens is 1. The predicted molar refractivity (Wildman–Crippen MR) is 146 cm³/mol. The Labute approximate surface area is 200 Å². The van der Waals surface area contributed by atoms with Crippen LogP contribution < -0.4 is 5.32 Å². The highest BCUT2D eigenvalue weighted by molar-refractivity contribution is 5.48. The summed E-state index contributed by atoms with van der Waals surface area (Å²) in [5.74, 6) is 0.996. The summed E-state index contributed by atoms with van der Waals surface area (Å²) in [5.41, 5.74) is 2.70. The summed E-state index contributed by atoms with van der Waals surface area (Å²) < 4.78 is 14.6. The van der Waals surface area contributed by atoms with Gasteiger partial charge in [-0.05, 0) is 68.2 Å². The second-order valence-corrected chi connectivity index (χ2v) is 9.35. The van der Waals surface area contributed by atoms with Crippen molar-refractivity contribution in [2.75, 3.05) is 7.05 Å². The molecular formula is C30H52FN. The standard InChI is InChI=1S/C27H44FN.C3H8/c1-11-19(2)12-13-20(3)21(4)14-15-23(6)26(9)27(28)18-24(7)22(5)16-17-25(8)29-10;1-3-2/h14-15,18-20,22,25,29H,4,6-7,9,11-13,16-17H2,1-3,5,8,10H3;3H2,1-2H3/b15-14-,27-18+;. The Morgan fingerprint density at radius 1 is 0.812 bits per heavy atom. The third-order valence-electron chi connectivity index (χ3n) is 6.07. The van der Waals surface area contributed by atoms with E-state index in [1.165, 1.54) is 25.3 Å². The lowest BCUT2D eigenvalue weighted by Crippen LogP contribution is -2.21. The minimum atomic E-state index is -0.367. The van der Waals surface area contributed by atoms with Gasteiger partial charge in [0.2, 0.25) is 0 Å². The molecule has 4 atom stereocenters. The summed E-state index contributed by atoms with van der Waals surface area (Å²) in [6, 6.07) is 0.444. The molecule has 0 aromatic carbocycles. The van der Waals surface area contributed by atoms with Gasteiger partial charge in [0.05, 0.1) is 0 Å². The zero-order valence-electron chi connectivity index (χ0n) is 22.5. The molecule has 1 N–H and O–H groups in total. The monoisotopic (exact) mass is 445 g/mol. The van der Waals surface area contributed by atoms with Crippen molar-refractivity contribution in [3.05, 3.63) is 72.7 Å². The highest BCUT2D eigenvalue weighted by Gasteiger charge is 2.11. The van der Waals surface area contributed by atoms with Crippen LogP contribution in [-0.2, 0) is 0 Å². The Morgan fingerprint density at radius 2 is 1.31 bits per heavy atom. The van der Waals surface area contributed by atoms with Gasteiger partial charge >= 0.3 is 0 Å². The van der Waals surface area contributed by atoms with Crippen molar-refractivity contribution in [1.82, 2.24) is 5.32 Å². The van der Waals surface area contributed by atoms with Gasteiger partial charge < -0.3 is 5.32 Å². The van der Waals surface area contributed by atoms with E-state index in [2.05, 4.69) is 80.1 Å². The molecule has 0 spiro atoms. The summed E-state index contributed by atoms with van der Waals surface area (Å²) in [6.45, 7) is 31.2. The number of hydrogen-bond acceptors (Lipinski definition) is 1. The van der Waals surface area contributed by atoms with Crippen LogP contribution in [0.4, 0.5) is 4.39 Å². The van der Waals surface area contributed by atoms with Crippen LogP contribution in [-0.4, -0.2) is 13.1 Å². The van der Waals surface area contributed by atoms with E-state index in [-0.39, 0.29) is 11.7 Å².